The molecule has 3 aliphatic rings. The number of esters is 1. The van der Waals surface area contributed by atoms with Crippen molar-refractivity contribution < 1.29 is 45.3 Å². The van der Waals surface area contributed by atoms with Gasteiger partial charge in [0.05, 0.1) is 19.4 Å². The van der Waals surface area contributed by atoms with Crippen LogP contribution in [0.1, 0.15) is 34.8 Å². The molecule has 3 fully saturated rings. The molecule has 3 heterocycles. The molecule has 2 aromatic rings. The van der Waals surface area contributed by atoms with Crippen molar-refractivity contribution in [1.29, 1.82) is 0 Å². The standard InChI is InChI=1S/C26H28N2O5.BrH/c1-2-32-26(31)27-24(21-11-7-4-8-12-21)25(30)33-23-18-28(15-13-20(23)14-16-28)17-22(29)19-9-5-3-6-10-19;/h2-12,20,23-24H,1,13-18H2;1H/t20?,23-,24?,28?;/m0./s1. The van der Waals surface area contributed by atoms with E-state index < -0.39 is 18.1 Å². The van der Waals surface area contributed by atoms with Crippen LogP contribution in [0.3, 0.4) is 0 Å². The molecule has 1 unspecified atom stereocenters. The van der Waals surface area contributed by atoms with Gasteiger partial charge in [-0.1, -0.05) is 67.2 Å². The van der Waals surface area contributed by atoms with Crippen molar-refractivity contribution in [2.45, 2.75) is 25.0 Å². The summed E-state index contributed by atoms with van der Waals surface area (Å²) in [5, 5.41) is 2.56. The first-order valence-electron chi connectivity index (χ1n) is 11.3. The van der Waals surface area contributed by atoms with Crippen molar-refractivity contribution in [1.82, 2.24) is 5.32 Å². The first kappa shape index (κ1) is 25.6. The second-order valence-electron chi connectivity index (χ2n) is 8.79. The van der Waals surface area contributed by atoms with Crippen molar-refractivity contribution in [3.8, 4) is 0 Å². The zero-order valence-electron chi connectivity index (χ0n) is 18.9. The molecule has 2 aromatic carbocycles. The smallest absolute Gasteiger partial charge is 0.412 e. The molecule has 0 spiro atoms. The summed E-state index contributed by atoms with van der Waals surface area (Å²) in [7, 11) is 0. The molecule has 1 N–H and O–H groups in total. The summed E-state index contributed by atoms with van der Waals surface area (Å²) in [6.45, 7) is 6.19. The number of amides is 1. The molecule has 3 aliphatic heterocycles. The van der Waals surface area contributed by atoms with E-state index in [4.69, 9.17) is 9.47 Å². The summed E-state index contributed by atoms with van der Waals surface area (Å²) in [4.78, 5) is 38.1. The Morgan fingerprint density at radius 1 is 1.03 bits per heavy atom. The fourth-order valence-electron chi connectivity index (χ4n) is 4.97. The molecule has 7 nitrogen and oxygen atoms in total. The summed E-state index contributed by atoms with van der Waals surface area (Å²) in [5.41, 5.74) is 1.31. The number of ether oxygens (including phenoxy) is 2. The van der Waals surface area contributed by atoms with Gasteiger partial charge in [-0.2, -0.15) is 0 Å². The number of nitrogens with zero attached hydrogens (tertiary/aromatic N) is 1. The summed E-state index contributed by atoms with van der Waals surface area (Å²) in [6, 6.07) is 17.2. The molecule has 0 aromatic heterocycles. The van der Waals surface area contributed by atoms with E-state index >= 15 is 0 Å². The lowest BCUT2D eigenvalue weighted by Gasteiger charge is -2.51. The molecule has 5 rings (SSSR count). The van der Waals surface area contributed by atoms with E-state index in [0.717, 1.165) is 32.2 Å². The minimum atomic E-state index is -0.992. The topological polar surface area (TPSA) is 81.7 Å². The van der Waals surface area contributed by atoms with Crippen LogP contribution in [-0.2, 0) is 14.3 Å². The number of hydrogen-bond acceptors (Lipinski definition) is 5. The number of alkyl carbamates (subject to hydrolysis) is 1. The van der Waals surface area contributed by atoms with E-state index in [1.807, 2.05) is 36.4 Å². The first-order valence-corrected chi connectivity index (χ1v) is 11.3. The molecule has 3 saturated heterocycles. The predicted molar refractivity (Wildman–Crippen MR) is 122 cm³/mol. The maximum Gasteiger partial charge on any atom is 0.412 e. The molecule has 1 amide bonds. The highest BCUT2D eigenvalue weighted by Crippen LogP contribution is 2.36. The third kappa shape index (κ3) is 5.93. The normalized spacial score (nSPS) is 23.6. The number of nitrogens with one attached hydrogen (secondary N) is 1. The second-order valence-corrected chi connectivity index (χ2v) is 8.79. The number of carbonyl (C=O) groups excluding carboxylic acids is 3. The quantitative estimate of drug-likeness (QED) is 0.235. The van der Waals surface area contributed by atoms with Gasteiger partial charge in [0.2, 0.25) is 5.78 Å². The van der Waals surface area contributed by atoms with Gasteiger partial charge in [-0.05, 0) is 5.56 Å². The zero-order chi connectivity index (χ0) is 23.3. The number of halogens is 1. The Bertz CT molecular complexity index is 1010. The van der Waals surface area contributed by atoms with Gasteiger partial charge < -0.3 is 36.3 Å². The number of rotatable bonds is 8. The van der Waals surface area contributed by atoms with Crippen molar-refractivity contribution in [2.24, 2.45) is 5.92 Å². The number of ketones is 1. The summed E-state index contributed by atoms with van der Waals surface area (Å²) < 4.78 is 11.4. The van der Waals surface area contributed by atoms with Gasteiger partial charge in [0.1, 0.15) is 13.1 Å². The first-order chi connectivity index (χ1) is 16.0. The van der Waals surface area contributed by atoms with Gasteiger partial charge in [-0.3, -0.25) is 4.79 Å². The van der Waals surface area contributed by atoms with Gasteiger partial charge in [0.25, 0.3) is 0 Å². The van der Waals surface area contributed by atoms with Crippen LogP contribution >= 0.6 is 0 Å². The van der Waals surface area contributed by atoms with Crippen molar-refractivity contribution in [3.05, 3.63) is 84.6 Å². The molecule has 0 saturated carbocycles. The number of Topliss-reactive ketones (excluding diaryl/α,β-unsaturated/α-hetero) is 1. The lowest BCUT2D eigenvalue weighted by Crippen LogP contribution is -3.00. The Hall–Kier alpha value is -2.97. The number of hydrogen-bond donors (Lipinski definition) is 1. The Kier molecular flexibility index (Phi) is 8.63. The lowest BCUT2D eigenvalue weighted by atomic mass is 9.82. The minimum Gasteiger partial charge on any atom is -1.00 e. The molecule has 8 heteroatoms. The average Bonchev–Trinajstić information content (AvgIpc) is 2.84. The maximum atomic E-state index is 13.2. The minimum absolute atomic E-state index is 0. The van der Waals surface area contributed by atoms with E-state index in [9.17, 15) is 14.4 Å². The van der Waals surface area contributed by atoms with E-state index in [0.29, 0.717) is 28.7 Å². The lowest BCUT2D eigenvalue weighted by molar-refractivity contribution is -0.938. The fourth-order valence-corrected chi connectivity index (χ4v) is 4.97. The van der Waals surface area contributed by atoms with E-state index in [2.05, 4.69) is 11.9 Å². The highest BCUT2D eigenvalue weighted by atomic mass is 79.9. The SMILES string of the molecule is C=COC(=O)NC(C(=O)O[C@H]1C[N+]2(CC(=O)c3ccccc3)CCC1CC2)c1ccccc1.[Br-]. The Morgan fingerprint density at radius 3 is 2.26 bits per heavy atom. The zero-order valence-corrected chi connectivity index (χ0v) is 20.5. The van der Waals surface area contributed by atoms with Crippen LogP contribution in [-0.4, -0.2) is 54.6 Å². The Morgan fingerprint density at radius 2 is 1.65 bits per heavy atom. The predicted octanol–water partition coefficient (Wildman–Crippen LogP) is 0.637. The van der Waals surface area contributed by atoms with Crippen LogP contribution in [0, 0.1) is 5.92 Å². The summed E-state index contributed by atoms with van der Waals surface area (Å²) >= 11 is 0. The fraction of sp³-hybridized carbons (Fsp3) is 0.346. The number of quaternary nitrogens is 1. The monoisotopic (exact) mass is 528 g/mol. The maximum absolute atomic E-state index is 13.2. The number of fused-ring (bicyclic) bond motifs is 3. The second kappa shape index (κ2) is 11.4. The highest BCUT2D eigenvalue weighted by Gasteiger charge is 2.49. The summed E-state index contributed by atoms with van der Waals surface area (Å²) in [5.74, 6) is -0.164. The average molecular weight is 529 g/mol. The molecule has 2 atom stereocenters. The third-order valence-corrected chi connectivity index (χ3v) is 6.70. The molecule has 2 bridgehead atoms. The molecule has 34 heavy (non-hydrogen) atoms. The van der Waals surface area contributed by atoms with Crippen LogP contribution in [0.15, 0.2) is 73.5 Å². The summed E-state index contributed by atoms with van der Waals surface area (Å²) in [6.07, 6.45) is 1.74. The van der Waals surface area contributed by atoms with Crippen LogP contribution in [0.2, 0.25) is 0 Å². The largest absolute Gasteiger partial charge is 1.00 e. The van der Waals surface area contributed by atoms with Gasteiger partial charge in [-0.25, -0.2) is 9.59 Å². The molecule has 0 aliphatic carbocycles. The third-order valence-electron chi connectivity index (χ3n) is 6.70. The molecule has 0 radical (unpaired) electrons. The van der Waals surface area contributed by atoms with E-state index in [-0.39, 0.29) is 34.8 Å². The van der Waals surface area contributed by atoms with Crippen LogP contribution < -0.4 is 22.3 Å². The van der Waals surface area contributed by atoms with E-state index in [1.165, 1.54) is 0 Å². The van der Waals surface area contributed by atoms with E-state index in [1.54, 1.807) is 24.3 Å². The van der Waals surface area contributed by atoms with Gasteiger partial charge in [-0.15, -0.1) is 0 Å². The van der Waals surface area contributed by atoms with Crippen molar-refractivity contribution in [2.75, 3.05) is 26.2 Å². The molecular weight excluding hydrogens is 500 g/mol. The van der Waals surface area contributed by atoms with Crippen LogP contribution in [0.25, 0.3) is 0 Å². The number of benzene rings is 2. The van der Waals surface area contributed by atoms with Gasteiger partial charge in [0, 0.05) is 24.3 Å². The van der Waals surface area contributed by atoms with Gasteiger partial charge >= 0.3 is 12.1 Å². The number of piperidine rings is 3. The van der Waals surface area contributed by atoms with Crippen molar-refractivity contribution >= 4 is 17.8 Å². The molecule has 180 valence electrons. The molecular formula is C26H29BrN2O5. The highest BCUT2D eigenvalue weighted by molar-refractivity contribution is 5.97. The van der Waals surface area contributed by atoms with Crippen LogP contribution in [0.5, 0.6) is 0 Å². The Labute approximate surface area is 210 Å². The Balaban J connectivity index is 0.00000324. The van der Waals surface area contributed by atoms with Crippen molar-refractivity contribution in [3.63, 3.8) is 0 Å². The number of carbonyl (C=O) groups is 3. The van der Waals surface area contributed by atoms with Crippen LogP contribution in [0.4, 0.5) is 4.79 Å². The van der Waals surface area contributed by atoms with Gasteiger partial charge in [0.15, 0.2) is 12.1 Å².